The van der Waals surface area contributed by atoms with E-state index in [1.54, 1.807) is 13.0 Å². The number of carbonyl (C=O) groups is 1. The molecule has 17 heavy (non-hydrogen) atoms. The van der Waals surface area contributed by atoms with Crippen LogP contribution in [0.25, 0.3) is 0 Å². The highest BCUT2D eigenvalue weighted by molar-refractivity contribution is 5.95. The summed E-state index contributed by atoms with van der Waals surface area (Å²) in [5, 5.41) is 13.3. The summed E-state index contributed by atoms with van der Waals surface area (Å²) in [6.45, 7) is 2.68. The molecule has 1 amide bonds. The van der Waals surface area contributed by atoms with Crippen molar-refractivity contribution in [2.75, 3.05) is 13.1 Å². The standard InChI is InChI=1S/C11H15N3O3/c1-8-5-9(7-10(6-8)14(16)17)11(15)13-4-2-3-12/h5-7H,2-4,12H2,1H3,(H,13,15). The lowest BCUT2D eigenvalue weighted by atomic mass is 10.1. The second kappa shape index (κ2) is 5.95. The van der Waals surface area contributed by atoms with Crippen molar-refractivity contribution in [1.29, 1.82) is 0 Å². The third kappa shape index (κ3) is 3.84. The van der Waals surface area contributed by atoms with Gasteiger partial charge < -0.3 is 11.1 Å². The van der Waals surface area contributed by atoms with Gasteiger partial charge in [0.2, 0.25) is 0 Å². The summed E-state index contributed by atoms with van der Waals surface area (Å²) in [6.07, 6.45) is 0.680. The molecule has 0 aromatic heterocycles. The minimum absolute atomic E-state index is 0.0750. The van der Waals surface area contributed by atoms with Gasteiger partial charge in [0.25, 0.3) is 11.6 Å². The number of rotatable bonds is 5. The summed E-state index contributed by atoms with van der Waals surface area (Å²) in [5.41, 5.74) is 6.21. The lowest BCUT2D eigenvalue weighted by Gasteiger charge is -2.05. The summed E-state index contributed by atoms with van der Waals surface area (Å²) < 4.78 is 0. The zero-order chi connectivity index (χ0) is 12.8. The van der Waals surface area contributed by atoms with Gasteiger partial charge >= 0.3 is 0 Å². The van der Waals surface area contributed by atoms with Crippen molar-refractivity contribution in [3.8, 4) is 0 Å². The summed E-state index contributed by atoms with van der Waals surface area (Å²) in [6, 6.07) is 4.31. The van der Waals surface area contributed by atoms with Crippen LogP contribution in [0.2, 0.25) is 0 Å². The number of amides is 1. The van der Waals surface area contributed by atoms with E-state index in [4.69, 9.17) is 5.73 Å². The maximum Gasteiger partial charge on any atom is 0.270 e. The zero-order valence-electron chi connectivity index (χ0n) is 9.60. The predicted octanol–water partition coefficient (Wildman–Crippen LogP) is 0.982. The molecular formula is C11H15N3O3. The van der Waals surface area contributed by atoms with Crippen molar-refractivity contribution in [3.63, 3.8) is 0 Å². The SMILES string of the molecule is Cc1cc(C(=O)NCCCN)cc([N+](=O)[O-])c1. The zero-order valence-corrected chi connectivity index (χ0v) is 9.60. The van der Waals surface area contributed by atoms with Crippen LogP contribution in [0.15, 0.2) is 18.2 Å². The van der Waals surface area contributed by atoms with E-state index in [0.29, 0.717) is 30.6 Å². The molecule has 0 atom stereocenters. The van der Waals surface area contributed by atoms with Gasteiger partial charge in [-0.1, -0.05) is 0 Å². The van der Waals surface area contributed by atoms with Gasteiger partial charge in [0.1, 0.15) is 0 Å². The monoisotopic (exact) mass is 237 g/mol. The first-order valence-electron chi connectivity index (χ1n) is 5.29. The molecule has 0 spiro atoms. The summed E-state index contributed by atoms with van der Waals surface area (Å²) in [5.74, 6) is -0.315. The average Bonchev–Trinajstić information content (AvgIpc) is 2.28. The second-order valence-electron chi connectivity index (χ2n) is 3.71. The molecule has 1 aromatic rings. The van der Waals surface area contributed by atoms with Gasteiger partial charge in [0.15, 0.2) is 0 Å². The fourth-order valence-electron chi connectivity index (χ4n) is 1.41. The van der Waals surface area contributed by atoms with Gasteiger partial charge in [-0.25, -0.2) is 0 Å². The highest BCUT2D eigenvalue weighted by Crippen LogP contribution is 2.16. The van der Waals surface area contributed by atoms with Gasteiger partial charge in [-0.15, -0.1) is 0 Å². The van der Waals surface area contributed by atoms with E-state index in [1.165, 1.54) is 12.1 Å². The maximum absolute atomic E-state index is 11.7. The Balaban J connectivity index is 2.82. The molecule has 0 heterocycles. The van der Waals surface area contributed by atoms with Crippen molar-refractivity contribution in [2.45, 2.75) is 13.3 Å². The Bertz CT molecular complexity index is 432. The number of nitro groups is 1. The largest absolute Gasteiger partial charge is 0.352 e. The highest BCUT2D eigenvalue weighted by atomic mass is 16.6. The molecule has 0 radical (unpaired) electrons. The Morgan fingerprint density at radius 1 is 1.47 bits per heavy atom. The number of benzene rings is 1. The Kier molecular flexibility index (Phi) is 4.59. The number of nitrogens with one attached hydrogen (secondary N) is 1. The minimum Gasteiger partial charge on any atom is -0.352 e. The fraction of sp³-hybridized carbons (Fsp3) is 0.364. The van der Waals surface area contributed by atoms with Gasteiger partial charge in [0.05, 0.1) is 4.92 Å². The van der Waals surface area contributed by atoms with Crippen LogP contribution in [0.4, 0.5) is 5.69 Å². The Morgan fingerprint density at radius 2 is 2.18 bits per heavy atom. The lowest BCUT2D eigenvalue weighted by molar-refractivity contribution is -0.384. The average molecular weight is 237 g/mol. The fourth-order valence-corrected chi connectivity index (χ4v) is 1.41. The van der Waals surface area contributed by atoms with Crippen molar-refractivity contribution in [2.24, 2.45) is 5.73 Å². The molecule has 1 rings (SSSR count). The number of nitro benzene ring substituents is 1. The molecule has 6 heteroatoms. The quantitative estimate of drug-likeness (QED) is 0.453. The number of nitrogens with zero attached hydrogens (tertiary/aromatic N) is 1. The van der Waals surface area contributed by atoms with Crippen LogP contribution in [0.3, 0.4) is 0 Å². The molecule has 0 aliphatic carbocycles. The van der Waals surface area contributed by atoms with Crippen LogP contribution in [-0.2, 0) is 0 Å². The normalized spacial score (nSPS) is 10.0. The van der Waals surface area contributed by atoms with Crippen molar-refractivity contribution in [3.05, 3.63) is 39.4 Å². The van der Waals surface area contributed by atoms with Crippen molar-refractivity contribution >= 4 is 11.6 Å². The molecule has 6 nitrogen and oxygen atoms in total. The van der Waals surface area contributed by atoms with E-state index in [0.717, 1.165) is 0 Å². The van der Waals surface area contributed by atoms with E-state index in [-0.39, 0.29) is 11.6 Å². The van der Waals surface area contributed by atoms with E-state index < -0.39 is 4.92 Å². The molecule has 92 valence electrons. The molecular weight excluding hydrogens is 222 g/mol. The molecule has 1 aromatic carbocycles. The van der Waals surface area contributed by atoms with E-state index in [1.807, 2.05) is 0 Å². The number of nitrogens with two attached hydrogens (primary N) is 1. The van der Waals surface area contributed by atoms with E-state index in [2.05, 4.69) is 5.32 Å². The number of carbonyl (C=O) groups excluding carboxylic acids is 1. The van der Waals surface area contributed by atoms with Crippen LogP contribution >= 0.6 is 0 Å². The van der Waals surface area contributed by atoms with Gasteiger partial charge in [-0.2, -0.15) is 0 Å². The first kappa shape index (κ1) is 13.1. The Morgan fingerprint density at radius 3 is 2.76 bits per heavy atom. The molecule has 3 N–H and O–H groups in total. The number of hydrogen-bond donors (Lipinski definition) is 2. The van der Waals surface area contributed by atoms with Crippen molar-refractivity contribution in [1.82, 2.24) is 5.32 Å². The summed E-state index contributed by atoms with van der Waals surface area (Å²) in [7, 11) is 0. The number of non-ortho nitro benzene ring substituents is 1. The Labute approximate surface area is 99.0 Å². The van der Waals surface area contributed by atoms with Crippen molar-refractivity contribution < 1.29 is 9.72 Å². The number of hydrogen-bond acceptors (Lipinski definition) is 4. The highest BCUT2D eigenvalue weighted by Gasteiger charge is 2.12. The van der Waals surface area contributed by atoms with Crippen LogP contribution < -0.4 is 11.1 Å². The minimum atomic E-state index is -0.510. The summed E-state index contributed by atoms with van der Waals surface area (Å²) in [4.78, 5) is 21.8. The van der Waals surface area contributed by atoms with E-state index >= 15 is 0 Å². The molecule has 0 aliphatic heterocycles. The smallest absolute Gasteiger partial charge is 0.270 e. The molecule has 0 bridgehead atoms. The van der Waals surface area contributed by atoms with Crippen LogP contribution in [0.5, 0.6) is 0 Å². The van der Waals surface area contributed by atoms with Crippen LogP contribution in [-0.4, -0.2) is 23.9 Å². The first-order valence-corrected chi connectivity index (χ1v) is 5.29. The molecule has 0 fully saturated rings. The molecule has 0 saturated heterocycles. The van der Waals surface area contributed by atoms with Gasteiger partial charge in [-0.3, -0.25) is 14.9 Å². The van der Waals surface area contributed by atoms with E-state index in [9.17, 15) is 14.9 Å². The topological polar surface area (TPSA) is 98.3 Å². The molecule has 0 unspecified atom stereocenters. The third-order valence-electron chi connectivity index (χ3n) is 2.20. The second-order valence-corrected chi connectivity index (χ2v) is 3.71. The third-order valence-corrected chi connectivity index (χ3v) is 2.20. The molecule has 0 aliphatic rings. The van der Waals surface area contributed by atoms with Gasteiger partial charge in [0, 0.05) is 24.2 Å². The first-order chi connectivity index (χ1) is 8.04. The maximum atomic E-state index is 11.7. The predicted molar refractivity (Wildman–Crippen MR) is 63.8 cm³/mol. The number of aryl methyl sites for hydroxylation is 1. The summed E-state index contributed by atoms with van der Waals surface area (Å²) >= 11 is 0. The molecule has 0 saturated carbocycles. The van der Waals surface area contributed by atoms with Crippen LogP contribution in [0, 0.1) is 17.0 Å². The van der Waals surface area contributed by atoms with Gasteiger partial charge in [-0.05, 0) is 31.5 Å². The van der Waals surface area contributed by atoms with Crippen LogP contribution in [0.1, 0.15) is 22.3 Å². The lowest BCUT2D eigenvalue weighted by Crippen LogP contribution is -2.26. The Hall–Kier alpha value is -1.95.